The van der Waals surface area contributed by atoms with E-state index in [0.717, 1.165) is 55.9 Å². The van der Waals surface area contributed by atoms with E-state index >= 15 is 0 Å². The molecule has 198 valence electrons. The Balaban J connectivity index is 1.18. The summed E-state index contributed by atoms with van der Waals surface area (Å²) in [7, 11) is -1.81. The highest BCUT2D eigenvalue weighted by molar-refractivity contribution is 7.94. The number of thiophene rings is 1. The molecule has 2 aromatic heterocycles. The van der Waals surface area contributed by atoms with Crippen molar-refractivity contribution in [3.8, 4) is 0 Å². The molecule has 1 unspecified atom stereocenters. The molecule has 0 radical (unpaired) electrons. The lowest BCUT2D eigenvalue weighted by Crippen LogP contribution is -2.31. The van der Waals surface area contributed by atoms with Crippen LogP contribution in [0.1, 0.15) is 23.3 Å². The molecule has 0 aliphatic carbocycles. The fourth-order valence-electron chi connectivity index (χ4n) is 5.64. The number of anilines is 4. The van der Waals surface area contributed by atoms with Crippen LogP contribution in [0.5, 0.6) is 0 Å². The number of likely N-dealkylation sites (tertiary alicyclic amines) is 1. The standard InChI is InChI=1S/C23H26F3N7O2S2/c1-27-21-28-19(16-9-15(10-23(24,25)26)36-20(16)29-21)33-7-5-22(13-33)4-6-32(12-22)11-14-2-3-17-18(8-14)31-37(34,35)30-17/h2-3,8-9,30-31H,4-7,10-13H2,1H3,(H,27,28,29). The number of nitrogens with one attached hydrogen (secondary N) is 3. The second kappa shape index (κ2) is 8.60. The molecule has 14 heteroatoms. The summed E-state index contributed by atoms with van der Waals surface area (Å²) in [4.78, 5) is 14.4. The Morgan fingerprint density at radius 2 is 1.89 bits per heavy atom. The number of alkyl halides is 3. The van der Waals surface area contributed by atoms with Gasteiger partial charge in [0.2, 0.25) is 5.95 Å². The highest BCUT2D eigenvalue weighted by Gasteiger charge is 2.44. The lowest BCUT2D eigenvalue weighted by molar-refractivity contribution is -0.126. The number of nitrogens with zero attached hydrogens (tertiary/aromatic N) is 4. The van der Waals surface area contributed by atoms with Gasteiger partial charge in [0.15, 0.2) is 0 Å². The van der Waals surface area contributed by atoms with Crippen LogP contribution in [0.4, 0.5) is 36.3 Å². The van der Waals surface area contributed by atoms with Crippen LogP contribution in [0.15, 0.2) is 24.3 Å². The fourth-order valence-corrected chi connectivity index (χ4v) is 7.67. The van der Waals surface area contributed by atoms with E-state index in [1.54, 1.807) is 19.2 Å². The van der Waals surface area contributed by atoms with Gasteiger partial charge in [-0.1, -0.05) is 6.07 Å². The maximum atomic E-state index is 13.0. The number of halogens is 3. The number of fused-ring (bicyclic) bond motifs is 2. The minimum absolute atomic E-state index is 0.0712. The Bertz CT molecular complexity index is 1480. The lowest BCUT2D eigenvalue weighted by atomic mass is 9.86. The third-order valence-electron chi connectivity index (χ3n) is 7.26. The van der Waals surface area contributed by atoms with Crippen LogP contribution >= 0.6 is 11.3 Å². The first-order chi connectivity index (χ1) is 17.5. The van der Waals surface area contributed by atoms with E-state index in [9.17, 15) is 21.6 Å². The Kier molecular flexibility index (Phi) is 5.69. The van der Waals surface area contributed by atoms with Crippen molar-refractivity contribution in [1.29, 1.82) is 0 Å². The van der Waals surface area contributed by atoms with Crippen LogP contribution in [-0.4, -0.2) is 62.7 Å². The average molecular weight is 554 g/mol. The molecule has 3 aliphatic heterocycles. The third kappa shape index (κ3) is 4.89. The molecule has 37 heavy (non-hydrogen) atoms. The minimum atomic E-state index is -4.27. The first-order valence-electron chi connectivity index (χ1n) is 12.0. The van der Waals surface area contributed by atoms with Crippen molar-refractivity contribution >= 4 is 54.9 Å². The van der Waals surface area contributed by atoms with Crippen molar-refractivity contribution in [3.63, 3.8) is 0 Å². The zero-order valence-electron chi connectivity index (χ0n) is 20.0. The highest BCUT2D eigenvalue weighted by atomic mass is 32.2. The molecule has 6 rings (SSSR count). The third-order valence-corrected chi connectivity index (χ3v) is 9.26. The van der Waals surface area contributed by atoms with E-state index in [4.69, 9.17) is 0 Å². The summed E-state index contributed by atoms with van der Waals surface area (Å²) in [5.41, 5.74) is 2.22. The van der Waals surface area contributed by atoms with Gasteiger partial charge in [0, 0.05) is 43.5 Å². The van der Waals surface area contributed by atoms with Crippen molar-refractivity contribution < 1.29 is 21.6 Å². The molecule has 1 atom stereocenters. The van der Waals surface area contributed by atoms with E-state index in [2.05, 4.69) is 34.5 Å². The van der Waals surface area contributed by atoms with Crippen molar-refractivity contribution in [2.45, 2.75) is 32.0 Å². The Morgan fingerprint density at radius 1 is 1.11 bits per heavy atom. The van der Waals surface area contributed by atoms with E-state index < -0.39 is 22.8 Å². The normalized spacial score (nSPS) is 23.0. The summed E-state index contributed by atoms with van der Waals surface area (Å²) in [6.45, 7) is 4.07. The molecule has 1 spiro atoms. The molecule has 3 aromatic rings. The molecule has 0 bridgehead atoms. The fraction of sp³-hybridized carbons (Fsp3) is 0.478. The van der Waals surface area contributed by atoms with E-state index in [1.807, 2.05) is 12.1 Å². The van der Waals surface area contributed by atoms with Crippen molar-refractivity contribution in [2.75, 3.05) is 52.9 Å². The van der Waals surface area contributed by atoms with Gasteiger partial charge in [-0.15, -0.1) is 11.3 Å². The van der Waals surface area contributed by atoms with Crippen LogP contribution in [-0.2, 0) is 23.2 Å². The average Bonchev–Trinajstić information content (AvgIpc) is 3.57. The van der Waals surface area contributed by atoms with Crippen molar-refractivity contribution in [1.82, 2.24) is 14.9 Å². The first kappa shape index (κ1) is 24.5. The first-order valence-corrected chi connectivity index (χ1v) is 14.3. The van der Waals surface area contributed by atoms with Crippen LogP contribution < -0.4 is 19.7 Å². The Labute approximate surface area is 216 Å². The topological polar surface area (TPSA) is 102 Å². The number of rotatable bonds is 5. The summed E-state index contributed by atoms with van der Waals surface area (Å²) < 4.78 is 67.5. The predicted octanol–water partition coefficient (Wildman–Crippen LogP) is 4.02. The molecule has 9 nitrogen and oxygen atoms in total. The van der Waals surface area contributed by atoms with Gasteiger partial charge in [0.05, 0.1) is 23.2 Å². The van der Waals surface area contributed by atoms with Gasteiger partial charge in [0.25, 0.3) is 0 Å². The number of hydrogen-bond acceptors (Lipinski definition) is 8. The molecule has 0 amide bonds. The lowest BCUT2D eigenvalue weighted by Gasteiger charge is -2.25. The largest absolute Gasteiger partial charge is 0.393 e. The zero-order chi connectivity index (χ0) is 26.0. The highest BCUT2D eigenvalue weighted by Crippen LogP contribution is 2.44. The van der Waals surface area contributed by atoms with Gasteiger partial charge in [-0.25, -0.2) is 4.98 Å². The van der Waals surface area contributed by atoms with Crippen LogP contribution in [0.3, 0.4) is 0 Å². The summed E-state index contributed by atoms with van der Waals surface area (Å²) in [6, 6.07) is 7.17. The van der Waals surface area contributed by atoms with Gasteiger partial charge < -0.3 is 10.2 Å². The molecule has 0 saturated carbocycles. The SMILES string of the molecule is CNc1nc(N2CCC3(CCN(Cc4ccc5c(c4)NS(=O)(=O)N5)C3)C2)c2cc(CC(F)(F)F)sc2n1. The van der Waals surface area contributed by atoms with Gasteiger partial charge in [-0.2, -0.15) is 26.6 Å². The van der Waals surface area contributed by atoms with E-state index in [0.29, 0.717) is 39.9 Å². The molecule has 2 saturated heterocycles. The van der Waals surface area contributed by atoms with Gasteiger partial charge in [0.1, 0.15) is 10.6 Å². The summed E-state index contributed by atoms with van der Waals surface area (Å²) in [5, 5.41) is 3.61. The molecule has 5 heterocycles. The van der Waals surface area contributed by atoms with Gasteiger partial charge in [-0.05, 0) is 43.1 Å². The summed E-state index contributed by atoms with van der Waals surface area (Å²) in [5.74, 6) is 1.09. The summed E-state index contributed by atoms with van der Waals surface area (Å²) in [6.07, 6.45) is -3.26. The van der Waals surface area contributed by atoms with Crippen LogP contribution in [0.2, 0.25) is 0 Å². The van der Waals surface area contributed by atoms with Crippen molar-refractivity contribution in [2.24, 2.45) is 5.41 Å². The van der Waals surface area contributed by atoms with Gasteiger partial charge in [-0.3, -0.25) is 14.3 Å². The molecule has 2 fully saturated rings. The zero-order valence-corrected chi connectivity index (χ0v) is 21.7. The molecule has 1 aromatic carbocycles. The predicted molar refractivity (Wildman–Crippen MR) is 138 cm³/mol. The van der Waals surface area contributed by atoms with E-state index in [1.165, 1.54) is 0 Å². The van der Waals surface area contributed by atoms with Crippen LogP contribution in [0.25, 0.3) is 10.2 Å². The van der Waals surface area contributed by atoms with E-state index in [-0.39, 0.29) is 10.3 Å². The van der Waals surface area contributed by atoms with Crippen LogP contribution in [0, 0.1) is 5.41 Å². The van der Waals surface area contributed by atoms with Gasteiger partial charge >= 0.3 is 16.4 Å². The quantitative estimate of drug-likeness (QED) is 0.439. The molecule has 3 aliphatic rings. The maximum Gasteiger partial charge on any atom is 0.393 e. The molecular weight excluding hydrogens is 527 g/mol. The number of benzene rings is 1. The second-order valence-electron chi connectivity index (χ2n) is 10.1. The Hall–Kier alpha value is -2.84. The second-order valence-corrected chi connectivity index (χ2v) is 12.6. The number of hydrogen-bond donors (Lipinski definition) is 3. The number of aromatic nitrogens is 2. The summed E-state index contributed by atoms with van der Waals surface area (Å²) >= 11 is 1.07. The molecule has 3 N–H and O–H groups in total. The molecular formula is C23H26F3N7O2S2. The van der Waals surface area contributed by atoms with Crippen molar-refractivity contribution in [3.05, 3.63) is 34.7 Å². The monoisotopic (exact) mass is 553 g/mol. The Morgan fingerprint density at radius 3 is 2.68 bits per heavy atom. The smallest absolute Gasteiger partial charge is 0.357 e. The minimum Gasteiger partial charge on any atom is -0.357 e. The maximum absolute atomic E-state index is 13.0.